The molecule has 1 heterocycles. The number of likely N-dealkylation sites (N-methyl/N-ethyl adjacent to an activating group) is 1. The van der Waals surface area contributed by atoms with E-state index in [1.165, 1.54) is 24.0 Å². The number of ether oxygens (including phenoxy) is 1. The lowest BCUT2D eigenvalue weighted by Gasteiger charge is -2.26. The quantitative estimate of drug-likeness (QED) is 0.620. The highest BCUT2D eigenvalue weighted by Crippen LogP contribution is 2.29. The number of hydrogen-bond donors (Lipinski definition) is 1. The van der Waals surface area contributed by atoms with Gasteiger partial charge in [0.25, 0.3) is 5.91 Å². The van der Waals surface area contributed by atoms with Crippen molar-refractivity contribution in [3.63, 3.8) is 0 Å². The molecule has 0 radical (unpaired) electrons. The number of fused-ring (bicyclic) bond motifs is 1. The Kier molecular flexibility index (Phi) is 6.37. The smallest absolute Gasteiger partial charge is 0.273 e. The van der Waals surface area contributed by atoms with Gasteiger partial charge in [0.1, 0.15) is 5.75 Å². The molecule has 2 aromatic carbocycles. The highest BCUT2D eigenvalue weighted by molar-refractivity contribution is 5.93. The fourth-order valence-electron chi connectivity index (χ4n) is 4.20. The molecular formula is C25H29N3O3. The first-order valence-corrected chi connectivity index (χ1v) is 10.7. The molecule has 0 saturated carbocycles. The van der Waals surface area contributed by atoms with Gasteiger partial charge in [-0.15, -0.1) is 0 Å². The number of para-hydroxylation sites is 1. The fourth-order valence-corrected chi connectivity index (χ4v) is 4.20. The molecule has 1 N–H and O–H groups in total. The first-order valence-electron chi connectivity index (χ1n) is 10.7. The Hall–Kier alpha value is -3.12. The molecule has 6 nitrogen and oxygen atoms in total. The Bertz CT molecular complexity index is 1060. The first kappa shape index (κ1) is 21.1. The monoisotopic (exact) mass is 419 g/mol. The number of nitrogens with zero attached hydrogens (tertiary/aromatic N) is 2. The molecular weight excluding hydrogens is 390 g/mol. The lowest BCUT2D eigenvalue weighted by molar-refractivity contribution is 0.0932. The highest BCUT2D eigenvalue weighted by Gasteiger charge is 2.21. The van der Waals surface area contributed by atoms with E-state index >= 15 is 0 Å². The summed E-state index contributed by atoms with van der Waals surface area (Å²) >= 11 is 0. The molecule has 1 aromatic heterocycles. The van der Waals surface area contributed by atoms with Gasteiger partial charge in [0.15, 0.2) is 11.5 Å². The lowest BCUT2D eigenvalue weighted by atomic mass is 9.90. The van der Waals surface area contributed by atoms with E-state index in [4.69, 9.17) is 9.26 Å². The zero-order chi connectivity index (χ0) is 21.8. The van der Waals surface area contributed by atoms with Crippen molar-refractivity contribution in [2.45, 2.75) is 31.7 Å². The molecule has 162 valence electrons. The van der Waals surface area contributed by atoms with Crippen molar-refractivity contribution in [1.82, 2.24) is 15.4 Å². The first-order chi connectivity index (χ1) is 15.1. The van der Waals surface area contributed by atoms with Crippen LogP contribution in [0.15, 0.2) is 53.1 Å². The lowest BCUT2D eigenvalue weighted by Crippen LogP contribution is -2.34. The van der Waals surface area contributed by atoms with Crippen LogP contribution in [-0.4, -0.2) is 43.7 Å². The van der Waals surface area contributed by atoms with E-state index in [-0.39, 0.29) is 17.6 Å². The molecule has 0 aliphatic heterocycles. The van der Waals surface area contributed by atoms with Crippen molar-refractivity contribution >= 4 is 5.91 Å². The highest BCUT2D eigenvalue weighted by atomic mass is 16.5. The summed E-state index contributed by atoms with van der Waals surface area (Å²) in [7, 11) is 5.61. The fraction of sp³-hybridized carbons (Fsp3) is 0.360. The number of carbonyl (C=O) groups excluding carboxylic acids is 1. The van der Waals surface area contributed by atoms with Gasteiger partial charge in [-0.3, -0.25) is 4.79 Å². The Morgan fingerprint density at radius 2 is 1.90 bits per heavy atom. The predicted octanol–water partition coefficient (Wildman–Crippen LogP) is 4.26. The van der Waals surface area contributed by atoms with E-state index in [0.29, 0.717) is 12.3 Å². The van der Waals surface area contributed by atoms with Crippen molar-refractivity contribution in [3.8, 4) is 17.1 Å². The van der Waals surface area contributed by atoms with Crippen LogP contribution in [0.2, 0.25) is 0 Å². The molecule has 3 aromatic rings. The number of hydrogen-bond acceptors (Lipinski definition) is 5. The third-order valence-electron chi connectivity index (χ3n) is 5.95. The number of carbonyl (C=O) groups is 1. The molecule has 1 atom stereocenters. The normalized spacial score (nSPS) is 14.2. The number of aryl methyl sites for hydroxylation is 2. The molecule has 31 heavy (non-hydrogen) atoms. The van der Waals surface area contributed by atoms with Crippen LogP contribution in [0, 0.1) is 0 Å². The predicted molar refractivity (Wildman–Crippen MR) is 120 cm³/mol. The van der Waals surface area contributed by atoms with Crippen molar-refractivity contribution < 1.29 is 14.1 Å². The number of nitrogens with one attached hydrogen (secondary N) is 1. The van der Waals surface area contributed by atoms with Crippen molar-refractivity contribution in [3.05, 3.63) is 70.9 Å². The summed E-state index contributed by atoms with van der Waals surface area (Å²) < 4.78 is 11.0. The third kappa shape index (κ3) is 4.64. The van der Waals surface area contributed by atoms with Gasteiger partial charge < -0.3 is 19.5 Å². The maximum atomic E-state index is 12.8. The molecule has 0 spiro atoms. The molecule has 1 amide bonds. The van der Waals surface area contributed by atoms with E-state index in [1.54, 1.807) is 13.2 Å². The van der Waals surface area contributed by atoms with Gasteiger partial charge in [0.2, 0.25) is 0 Å². The Labute approximate surface area is 183 Å². The Morgan fingerprint density at radius 1 is 1.13 bits per heavy atom. The molecule has 1 unspecified atom stereocenters. The summed E-state index contributed by atoms with van der Waals surface area (Å²) in [4.78, 5) is 14.8. The van der Waals surface area contributed by atoms with Gasteiger partial charge in [-0.1, -0.05) is 35.5 Å². The van der Waals surface area contributed by atoms with Crippen LogP contribution in [0.5, 0.6) is 5.75 Å². The zero-order valence-electron chi connectivity index (χ0n) is 18.4. The maximum absolute atomic E-state index is 12.8. The molecule has 0 bridgehead atoms. The topological polar surface area (TPSA) is 67.6 Å². The van der Waals surface area contributed by atoms with E-state index in [0.717, 1.165) is 29.7 Å². The van der Waals surface area contributed by atoms with Crippen molar-refractivity contribution in [2.75, 3.05) is 27.7 Å². The van der Waals surface area contributed by atoms with Crippen LogP contribution in [0.4, 0.5) is 0 Å². The minimum absolute atomic E-state index is 0.0351. The number of benzene rings is 2. The summed E-state index contributed by atoms with van der Waals surface area (Å²) in [5.74, 6) is 1.16. The second-order valence-electron chi connectivity index (χ2n) is 8.20. The largest absolute Gasteiger partial charge is 0.496 e. The van der Waals surface area contributed by atoms with Crippen LogP contribution in [0.3, 0.4) is 0 Å². The van der Waals surface area contributed by atoms with Crippen LogP contribution in [0.1, 0.15) is 46.1 Å². The molecule has 1 aliphatic rings. The number of amides is 1. The van der Waals surface area contributed by atoms with Crippen LogP contribution in [-0.2, 0) is 12.8 Å². The summed E-state index contributed by atoms with van der Waals surface area (Å²) in [6.45, 7) is 0.424. The zero-order valence-corrected chi connectivity index (χ0v) is 18.4. The average molecular weight is 420 g/mol. The van der Waals surface area contributed by atoms with Gasteiger partial charge in [-0.05, 0) is 63.0 Å². The van der Waals surface area contributed by atoms with Crippen LogP contribution < -0.4 is 10.1 Å². The van der Waals surface area contributed by atoms with Crippen molar-refractivity contribution in [2.24, 2.45) is 0 Å². The number of aromatic nitrogens is 1. The minimum atomic E-state index is -0.255. The van der Waals surface area contributed by atoms with E-state index in [9.17, 15) is 4.79 Å². The number of rotatable bonds is 7. The van der Waals surface area contributed by atoms with E-state index < -0.39 is 0 Å². The number of methoxy groups -OCH3 is 1. The Morgan fingerprint density at radius 3 is 2.68 bits per heavy atom. The summed E-state index contributed by atoms with van der Waals surface area (Å²) in [6, 6.07) is 15.9. The van der Waals surface area contributed by atoms with Crippen molar-refractivity contribution in [1.29, 1.82) is 0 Å². The Balaban J connectivity index is 1.46. The maximum Gasteiger partial charge on any atom is 0.273 e. The van der Waals surface area contributed by atoms with Gasteiger partial charge in [-0.25, -0.2) is 0 Å². The standard InChI is InChI=1S/C25H29N3O3/c1-28(2)22(20-10-6-7-11-23(20)30-3)16-26-25(29)21-15-24(31-27-21)19-13-12-17-8-4-5-9-18(17)14-19/h6-7,10-15,22H,4-5,8-9,16H2,1-3H3,(H,26,29). The average Bonchev–Trinajstić information content (AvgIpc) is 3.29. The second kappa shape index (κ2) is 9.35. The van der Waals surface area contributed by atoms with Gasteiger partial charge in [0, 0.05) is 23.7 Å². The van der Waals surface area contributed by atoms with Gasteiger partial charge in [-0.2, -0.15) is 0 Å². The van der Waals surface area contributed by atoms with Gasteiger partial charge >= 0.3 is 0 Å². The van der Waals surface area contributed by atoms with Gasteiger partial charge in [0.05, 0.1) is 13.2 Å². The van der Waals surface area contributed by atoms with Crippen LogP contribution in [0.25, 0.3) is 11.3 Å². The second-order valence-corrected chi connectivity index (χ2v) is 8.20. The van der Waals surface area contributed by atoms with E-state index in [2.05, 4.69) is 33.6 Å². The summed E-state index contributed by atoms with van der Waals surface area (Å²) in [5, 5.41) is 6.99. The molecule has 0 fully saturated rings. The molecule has 6 heteroatoms. The SMILES string of the molecule is COc1ccccc1C(CNC(=O)c1cc(-c2ccc3c(c2)CCCC3)on1)N(C)C. The molecule has 1 aliphatic carbocycles. The molecule has 4 rings (SSSR count). The summed E-state index contributed by atoms with van der Waals surface area (Å²) in [5.41, 5.74) is 5.05. The minimum Gasteiger partial charge on any atom is -0.496 e. The summed E-state index contributed by atoms with van der Waals surface area (Å²) in [6.07, 6.45) is 4.71. The van der Waals surface area contributed by atoms with E-state index in [1.807, 2.05) is 38.4 Å². The third-order valence-corrected chi connectivity index (χ3v) is 5.95. The molecule has 0 saturated heterocycles. The van der Waals surface area contributed by atoms with Crippen LogP contribution >= 0.6 is 0 Å².